The maximum atomic E-state index is 12.5. The number of amides is 2. The number of carbonyl (C=O) groups excluding carboxylic acids is 2. The molecule has 6 nitrogen and oxygen atoms in total. The first-order valence-corrected chi connectivity index (χ1v) is 9.75. The molecule has 2 atom stereocenters. The normalized spacial score (nSPS) is 26.6. The smallest absolute Gasteiger partial charge is 0.222 e. The molecule has 1 aromatic rings. The van der Waals surface area contributed by atoms with Crippen LogP contribution in [0.1, 0.15) is 50.6 Å². The van der Waals surface area contributed by atoms with Crippen molar-refractivity contribution in [1.82, 2.24) is 19.8 Å². The number of aromatic amines is 1. The van der Waals surface area contributed by atoms with Crippen LogP contribution < -0.4 is 0 Å². The summed E-state index contributed by atoms with van der Waals surface area (Å²) in [5.41, 5.74) is 1.07. The van der Waals surface area contributed by atoms with Crippen LogP contribution in [0.5, 0.6) is 0 Å². The molecular formula is C19H28N4O2. The van der Waals surface area contributed by atoms with E-state index < -0.39 is 0 Å². The monoisotopic (exact) mass is 344 g/mol. The molecule has 4 rings (SSSR count). The molecule has 1 aliphatic carbocycles. The molecule has 1 saturated carbocycles. The molecule has 1 aromatic heterocycles. The molecule has 6 heteroatoms. The summed E-state index contributed by atoms with van der Waals surface area (Å²) < 4.78 is 0. The summed E-state index contributed by atoms with van der Waals surface area (Å²) in [4.78, 5) is 36.2. The number of H-pyrrole nitrogens is 1. The summed E-state index contributed by atoms with van der Waals surface area (Å²) in [6.07, 6.45) is 11.2. The predicted octanol–water partition coefficient (Wildman–Crippen LogP) is 1.98. The van der Waals surface area contributed by atoms with Crippen LogP contribution in [-0.2, 0) is 16.0 Å². The number of imidazole rings is 1. The van der Waals surface area contributed by atoms with Gasteiger partial charge in [0.1, 0.15) is 0 Å². The molecule has 0 aromatic carbocycles. The van der Waals surface area contributed by atoms with Crippen LogP contribution in [0.4, 0.5) is 0 Å². The third kappa shape index (κ3) is 3.88. The molecular weight excluding hydrogens is 316 g/mol. The lowest BCUT2D eigenvalue weighted by Crippen LogP contribution is -2.57. The summed E-state index contributed by atoms with van der Waals surface area (Å²) in [5.74, 6) is 1.85. The van der Waals surface area contributed by atoms with Crippen LogP contribution in [0.3, 0.4) is 0 Å². The minimum Gasteiger partial charge on any atom is -0.348 e. The SMILES string of the molecule is O=C(CCC1CC1)N1CC[C@@H]2[C@@H](CCC(=O)N2CCc2cnc[nH]2)C1. The lowest BCUT2D eigenvalue weighted by Gasteiger charge is -2.47. The molecule has 3 fully saturated rings. The zero-order chi connectivity index (χ0) is 17.2. The van der Waals surface area contributed by atoms with Gasteiger partial charge in [0.05, 0.1) is 6.33 Å². The predicted molar refractivity (Wildman–Crippen MR) is 93.7 cm³/mol. The van der Waals surface area contributed by atoms with Crippen LogP contribution in [-0.4, -0.2) is 57.3 Å². The average molecular weight is 344 g/mol. The fraction of sp³-hybridized carbons (Fsp3) is 0.737. The van der Waals surface area contributed by atoms with Gasteiger partial charge in [-0.2, -0.15) is 0 Å². The molecule has 136 valence electrons. The fourth-order valence-corrected chi connectivity index (χ4v) is 4.42. The Bertz CT molecular complexity index is 611. The Balaban J connectivity index is 1.33. The van der Waals surface area contributed by atoms with E-state index in [0.29, 0.717) is 30.7 Å². The van der Waals surface area contributed by atoms with E-state index in [1.807, 2.05) is 6.20 Å². The summed E-state index contributed by atoms with van der Waals surface area (Å²) in [6.45, 7) is 2.39. The molecule has 0 bridgehead atoms. The highest BCUT2D eigenvalue weighted by Crippen LogP contribution is 2.35. The highest BCUT2D eigenvalue weighted by Gasteiger charge is 2.40. The molecule has 25 heavy (non-hydrogen) atoms. The Labute approximate surface area is 149 Å². The molecule has 2 saturated heterocycles. The van der Waals surface area contributed by atoms with Crippen molar-refractivity contribution in [2.45, 2.75) is 57.4 Å². The van der Waals surface area contributed by atoms with Crippen LogP contribution in [0.2, 0.25) is 0 Å². The highest BCUT2D eigenvalue weighted by atomic mass is 16.2. The van der Waals surface area contributed by atoms with Crippen molar-refractivity contribution in [3.63, 3.8) is 0 Å². The van der Waals surface area contributed by atoms with E-state index in [1.165, 1.54) is 12.8 Å². The van der Waals surface area contributed by atoms with E-state index in [4.69, 9.17) is 0 Å². The zero-order valence-corrected chi connectivity index (χ0v) is 14.8. The molecule has 0 spiro atoms. The van der Waals surface area contributed by atoms with Crippen molar-refractivity contribution in [3.8, 4) is 0 Å². The Morgan fingerprint density at radius 1 is 1.28 bits per heavy atom. The van der Waals surface area contributed by atoms with E-state index in [2.05, 4.69) is 19.8 Å². The van der Waals surface area contributed by atoms with Gasteiger partial charge in [0.25, 0.3) is 0 Å². The van der Waals surface area contributed by atoms with Gasteiger partial charge in [0, 0.05) is 56.8 Å². The van der Waals surface area contributed by atoms with Crippen LogP contribution in [0.15, 0.2) is 12.5 Å². The number of carbonyl (C=O) groups is 2. The molecule has 2 amide bonds. The minimum atomic E-state index is 0.272. The number of hydrogen-bond acceptors (Lipinski definition) is 3. The van der Waals surface area contributed by atoms with E-state index >= 15 is 0 Å². The Kier molecular flexibility index (Phi) is 4.77. The highest BCUT2D eigenvalue weighted by molar-refractivity contribution is 5.78. The summed E-state index contributed by atoms with van der Waals surface area (Å²) in [7, 11) is 0. The largest absolute Gasteiger partial charge is 0.348 e. The lowest BCUT2D eigenvalue weighted by molar-refractivity contribution is -0.144. The van der Waals surface area contributed by atoms with Gasteiger partial charge in [-0.3, -0.25) is 9.59 Å². The van der Waals surface area contributed by atoms with Crippen LogP contribution in [0, 0.1) is 11.8 Å². The first kappa shape index (κ1) is 16.6. The third-order valence-electron chi connectivity index (χ3n) is 6.14. The number of fused-ring (bicyclic) bond motifs is 1. The van der Waals surface area contributed by atoms with Crippen molar-refractivity contribution in [1.29, 1.82) is 0 Å². The van der Waals surface area contributed by atoms with Crippen LogP contribution >= 0.6 is 0 Å². The molecule has 1 N–H and O–H groups in total. The number of nitrogens with zero attached hydrogens (tertiary/aromatic N) is 3. The van der Waals surface area contributed by atoms with Gasteiger partial charge in [-0.25, -0.2) is 4.98 Å². The maximum absolute atomic E-state index is 12.5. The van der Waals surface area contributed by atoms with Gasteiger partial charge in [-0.1, -0.05) is 12.8 Å². The van der Waals surface area contributed by atoms with Gasteiger partial charge < -0.3 is 14.8 Å². The van der Waals surface area contributed by atoms with Crippen molar-refractivity contribution in [2.24, 2.45) is 11.8 Å². The van der Waals surface area contributed by atoms with E-state index in [1.54, 1.807) is 6.33 Å². The summed E-state index contributed by atoms with van der Waals surface area (Å²) in [6, 6.07) is 0.302. The number of likely N-dealkylation sites (tertiary alicyclic amines) is 2. The quantitative estimate of drug-likeness (QED) is 0.858. The second-order valence-electron chi connectivity index (χ2n) is 7.89. The maximum Gasteiger partial charge on any atom is 0.222 e. The molecule has 0 unspecified atom stereocenters. The number of aromatic nitrogens is 2. The van der Waals surface area contributed by atoms with Crippen molar-refractivity contribution in [2.75, 3.05) is 19.6 Å². The number of rotatable bonds is 6. The topological polar surface area (TPSA) is 69.3 Å². The van der Waals surface area contributed by atoms with Crippen LogP contribution in [0.25, 0.3) is 0 Å². The second-order valence-corrected chi connectivity index (χ2v) is 7.89. The first-order valence-electron chi connectivity index (χ1n) is 9.75. The summed E-state index contributed by atoms with van der Waals surface area (Å²) >= 11 is 0. The Morgan fingerprint density at radius 2 is 2.16 bits per heavy atom. The molecule has 0 radical (unpaired) electrons. The number of nitrogens with one attached hydrogen (secondary N) is 1. The van der Waals surface area contributed by atoms with Crippen molar-refractivity contribution < 1.29 is 9.59 Å². The number of piperidine rings is 2. The second kappa shape index (κ2) is 7.18. The van der Waals surface area contributed by atoms with Gasteiger partial charge in [0.2, 0.25) is 11.8 Å². The van der Waals surface area contributed by atoms with Crippen molar-refractivity contribution in [3.05, 3.63) is 18.2 Å². The van der Waals surface area contributed by atoms with Gasteiger partial charge in [-0.15, -0.1) is 0 Å². The fourth-order valence-electron chi connectivity index (χ4n) is 4.42. The lowest BCUT2D eigenvalue weighted by atomic mass is 9.83. The Hall–Kier alpha value is -1.85. The summed E-state index contributed by atoms with van der Waals surface area (Å²) in [5, 5.41) is 0. The minimum absolute atomic E-state index is 0.272. The number of hydrogen-bond donors (Lipinski definition) is 1. The van der Waals surface area contributed by atoms with E-state index in [-0.39, 0.29) is 5.91 Å². The van der Waals surface area contributed by atoms with Crippen molar-refractivity contribution >= 4 is 11.8 Å². The van der Waals surface area contributed by atoms with Gasteiger partial charge in [-0.05, 0) is 31.1 Å². The first-order chi connectivity index (χ1) is 12.2. The van der Waals surface area contributed by atoms with Gasteiger partial charge in [0.15, 0.2) is 0 Å². The average Bonchev–Trinajstić information content (AvgIpc) is 3.32. The molecule has 3 heterocycles. The third-order valence-corrected chi connectivity index (χ3v) is 6.14. The van der Waals surface area contributed by atoms with Gasteiger partial charge >= 0.3 is 0 Å². The Morgan fingerprint density at radius 3 is 2.92 bits per heavy atom. The standard InChI is InChI=1S/C19H28N4O2/c24-18(5-3-14-1-2-14)22-9-8-17-15(12-22)4-6-19(25)23(17)10-7-16-11-20-13-21-16/h11,13-15,17H,1-10,12H2,(H,20,21)/t15-,17+/m0/s1. The van der Waals surface area contributed by atoms with E-state index in [9.17, 15) is 9.59 Å². The molecule has 2 aliphatic heterocycles. The molecule has 3 aliphatic rings. The zero-order valence-electron chi connectivity index (χ0n) is 14.8. The van der Waals surface area contributed by atoms with E-state index in [0.717, 1.165) is 56.9 Å².